The molecule has 1 amide bonds. The van der Waals surface area contributed by atoms with Gasteiger partial charge in [-0.25, -0.2) is 4.79 Å². The van der Waals surface area contributed by atoms with Crippen molar-refractivity contribution in [2.24, 2.45) is 0 Å². The number of ether oxygens (including phenoxy) is 1. The number of carboxylic acids is 1. The van der Waals surface area contributed by atoms with Gasteiger partial charge in [-0.3, -0.25) is 9.59 Å². The van der Waals surface area contributed by atoms with Crippen molar-refractivity contribution in [3.8, 4) is 0 Å². The number of hydrogen-bond donors (Lipinski definition) is 2. The summed E-state index contributed by atoms with van der Waals surface area (Å²) in [6.45, 7) is 1.82. The van der Waals surface area contributed by atoms with E-state index in [1.54, 1.807) is 0 Å². The Labute approximate surface area is 94.0 Å². The molecule has 0 aliphatic rings. The van der Waals surface area contributed by atoms with Crippen LogP contribution in [0.25, 0.3) is 0 Å². The number of aliphatic carboxylic acids is 1. The average molecular weight is 231 g/mol. The minimum atomic E-state index is -1.15. The zero-order valence-corrected chi connectivity index (χ0v) is 9.49. The molecule has 0 spiro atoms. The third-order valence-electron chi connectivity index (χ3n) is 1.98. The topological polar surface area (TPSA) is 92.7 Å². The Morgan fingerprint density at radius 1 is 1.31 bits per heavy atom. The predicted octanol–water partition coefficient (Wildman–Crippen LogP) is 0.309. The van der Waals surface area contributed by atoms with E-state index in [2.05, 4.69) is 10.1 Å². The summed E-state index contributed by atoms with van der Waals surface area (Å²) in [5.74, 6) is -1.95. The summed E-state index contributed by atoms with van der Waals surface area (Å²) in [6.07, 6.45) is 0.939. The van der Waals surface area contributed by atoms with Crippen LogP contribution in [0.2, 0.25) is 0 Å². The van der Waals surface area contributed by atoms with Gasteiger partial charge in [-0.15, -0.1) is 0 Å². The summed E-state index contributed by atoms with van der Waals surface area (Å²) in [4.78, 5) is 32.8. The Balaban J connectivity index is 4.12. The van der Waals surface area contributed by atoms with E-state index >= 15 is 0 Å². The average Bonchev–Trinajstić information content (AvgIpc) is 2.23. The molecule has 0 aromatic rings. The molecule has 1 atom stereocenters. The number of amides is 1. The van der Waals surface area contributed by atoms with E-state index in [4.69, 9.17) is 5.11 Å². The second-order valence-corrected chi connectivity index (χ2v) is 3.32. The van der Waals surface area contributed by atoms with Gasteiger partial charge in [0.15, 0.2) is 0 Å². The fraction of sp³-hybridized carbons (Fsp3) is 0.700. The van der Waals surface area contributed by atoms with E-state index < -0.39 is 18.0 Å². The first-order chi connectivity index (χ1) is 7.51. The van der Waals surface area contributed by atoms with Crippen molar-refractivity contribution in [3.05, 3.63) is 0 Å². The lowest BCUT2D eigenvalue weighted by molar-refractivity contribution is -0.144. The van der Waals surface area contributed by atoms with Gasteiger partial charge in [-0.05, 0) is 12.8 Å². The summed E-state index contributed by atoms with van der Waals surface area (Å²) in [7, 11) is 1.23. The number of carboxylic acid groups (broad SMARTS) is 1. The van der Waals surface area contributed by atoms with Crippen LogP contribution in [0.5, 0.6) is 0 Å². The van der Waals surface area contributed by atoms with Crippen molar-refractivity contribution in [1.82, 2.24) is 5.32 Å². The largest absolute Gasteiger partial charge is 0.480 e. The molecule has 0 rings (SSSR count). The van der Waals surface area contributed by atoms with Gasteiger partial charge in [0.1, 0.15) is 6.04 Å². The van der Waals surface area contributed by atoms with Gasteiger partial charge in [0.2, 0.25) is 5.91 Å². The fourth-order valence-electron chi connectivity index (χ4n) is 1.12. The molecule has 2 N–H and O–H groups in total. The number of nitrogens with one attached hydrogen (secondary N) is 1. The number of methoxy groups -OCH3 is 1. The lowest BCUT2D eigenvalue weighted by Crippen LogP contribution is -2.41. The summed E-state index contributed by atoms with van der Waals surface area (Å²) in [5.41, 5.74) is 0. The number of esters is 1. The van der Waals surface area contributed by atoms with Crippen molar-refractivity contribution < 1.29 is 24.2 Å². The molecule has 0 aromatic carbocycles. The van der Waals surface area contributed by atoms with Crippen molar-refractivity contribution in [3.63, 3.8) is 0 Å². The first-order valence-corrected chi connectivity index (χ1v) is 5.10. The van der Waals surface area contributed by atoms with Crippen molar-refractivity contribution in [2.45, 2.75) is 38.6 Å². The normalized spacial score (nSPS) is 11.6. The molecule has 0 aliphatic carbocycles. The Morgan fingerprint density at radius 2 is 1.94 bits per heavy atom. The van der Waals surface area contributed by atoms with Gasteiger partial charge in [0, 0.05) is 12.8 Å². The van der Waals surface area contributed by atoms with Gasteiger partial charge < -0.3 is 15.2 Å². The first-order valence-electron chi connectivity index (χ1n) is 5.10. The summed E-state index contributed by atoms with van der Waals surface area (Å²) in [5, 5.41) is 11.2. The molecule has 6 heteroatoms. The second kappa shape index (κ2) is 7.67. The lowest BCUT2D eigenvalue weighted by atomic mass is 10.1. The van der Waals surface area contributed by atoms with Crippen LogP contribution in [0, 0.1) is 0 Å². The molecular formula is C10H17NO5. The Kier molecular flexibility index (Phi) is 6.91. The number of carbonyl (C=O) groups excluding carboxylic acids is 2. The lowest BCUT2D eigenvalue weighted by Gasteiger charge is -2.13. The molecule has 0 aliphatic heterocycles. The third kappa shape index (κ3) is 6.00. The first kappa shape index (κ1) is 14.4. The SMILES string of the molecule is CCCC(=O)NC(CCC(=O)OC)C(=O)O. The smallest absolute Gasteiger partial charge is 0.326 e. The zero-order valence-electron chi connectivity index (χ0n) is 9.49. The van der Waals surface area contributed by atoms with Crippen LogP contribution in [0.3, 0.4) is 0 Å². The molecule has 0 aromatic heterocycles. The van der Waals surface area contributed by atoms with Crippen molar-refractivity contribution in [2.75, 3.05) is 7.11 Å². The van der Waals surface area contributed by atoms with E-state index in [1.165, 1.54) is 7.11 Å². The van der Waals surface area contributed by atoms with Crippen LogP contribution in [-0.4, -0.2) is 36.1 Å². The van der Waals surface area contributed by atoms with Gasteiger partial charge >= 0.3 is 11.9 Å². The monoisotopic (exact) mass is 231 g/mol. The predicted molar refractivity (Wildman–Crippen MR) is 55.7 cm³/mol. The van der Waals surface area contributed by atoms with Gasteiger partial charge in [-0.2, -0.15) is 0 Å². The van der Waals surface area contributed by atoms with Gasteiger partial charge in [0.25, 0.3) is 0 Å². The van der Waals surface area contributed by atoms with E-state index in [1.807, 2.05) is 6.92 Å². The Bertz CT molecular complexity index is 264. The van der Waals surface area contributed by atoms with E-state index in [-0.39, 0.29) is 25.2 Å². The highest BCUT2D eigenvalue weighted by Gasteiger charge is 2.20. The highest BCUT2D eigenvalue weighted by molar-refractivity contribution is 5.83. The molecular weight excluding hydrogens is 214 g/mol. The molecule has 6 nitrogen and oxygen atoms in total. The Morgan fingerprint density at radius 3 is 2.38 bits per heavy atom. The second-order valence-electron chi connectivity index (χ2n) is 3.32. The van der Waals surface area contributed by atoms with Gasteiger partial charge in [0.05, 0.1) is 7.11 Å². The maximum atomic E-state index is 11.2. The molecule has 16 heavy (non-hydrogen) atoms. The molecule has 0 saturated heterocycles. The maximum absolute atomic E-state index is 11.2. The molecule has 0 saturated carbocycles. The van der Waals surface area contributed by atoms with Crippen LogP contribution in [0.1, 0.15) is 32.6 Å². The quantitative estimate of drug-likeness (QED) is 0.615. The molecule has 0 bridgehead atoms. The van der Waals surface area contributed by atoms with Crippen LogP contribution >= 0.6 is 0 Å². The van der Waals surface area contributed by atoms with Gasteiger partial charge in [-0.1, -0.05) is 6.92 Å². The molecule has 1 unspecified atom stereocenters. The highest BCUT2D eigenvalue weighted by atomic mass is 16.5. The molecule has 0 fully saturated rings. The third-order valence-corrected chi connectivity index (χ3v) is 1.98. The number of carbonyl (C=O) groups is 3. The number of rotatable bonds is 7. The van der Waals surface area contributed by atoms with Crippen molar-refractivity contribution in [1.29, 1.82) is 0 Å². The molecule has 0 heterocycles. The maximum Gasteiger partial charge on any atom is 0.326 e. The van der Waals surface area contributed by atoms with E-state index in [0.29, 0.717) is 6.42 Å². The number of hydrogen-bond acceptors (Lipinski definition) is 4. The summed E-state index contributed by atoms with van der Waals surface area (Å²) in [6, 6.07) is -1.03. The van der Waals surface area contributed by atoms with Crippen LogP contribution in [0.4, 0.5) is 0 Å². The summed E-state index contributed by atoms with van der Waals surface area (Å²) >= 11 is 0. The Hall–Kier alpha value is -1.59. The minimum absolute atomic E-state index is 0.0279. The van der Waals surface area contributed by atoms with E-state index in [9.17, 15) is 14.4 Å². The van der Waals surface area contributed by atoms with Crippen LogP contribution < -0.4 is 5.32 Å². The van der Waals surface area contributed by atoms with Crippen LogP contribution in [0.15, 0.2) is 0 Å². The highest BCUT2D eigenvalue weighted by Crippen LogP contribution is 2.00. The molecule has 0 radical (unpaired) electrons. The van der Waals surface area contributed by atoms with Crippen molar-refractivity contribution >= 4 is 17.8 Å². The zero-order chi connectivity index (χ0) is 12.6. The van der Waals surface area contributed by atoms with E-state index in [0.717, 1.165) is 0 Å². The molecule has 92 valence electrons. The minimum Gasteiger partial charge on any atom is -0.480 e. The van der Waals surface area contributed by atoms with Crippen LogP contribution in [-0.2, 0) is 19.1 Å². The summed E-state index contributed by atoms with van der Waals surface area (Å²) < 4.78 is 4.39. The fourth-order valence-corrected chi connectivity index (χ4v) is 1.12. The standard InChI is InChI=1S/C10H17NO5/c1-3-4-8(12)11-7(10(14)15)5-6-9(13)16-2/h7H,3-6H2,1-2H3,(H,11,12)(H,14,15).